The number of carboxylic acid groups (broad SMARTS) is 1. The van der Waals surface area contributed by atoms with Crippen molar-refractivity contribution in [1.82, 2.24) is 0 Å². The lowest BCUT2D eigenvalue weighted by Crippen LogP contribution is -2.10. The number of carboxylic acids is 1. The molecular weight excluding hydrogens is 208 g/mol. The molecule has 0 aliphatic heterocycles. The predicted octanol–water partition coefficient (Wildman–Crippen LogP) is 1.87. The van der Waals surface area contributed by atoms with Crippen molar-refractivity contribution in [1.29, 1.82) is 0 Å². The predicted molar refractivity (Wildman–Crippen MR) is 59.7 cm³/mol. The third kappa shape index (κ3) is 4.79. The third-order valence-electron chi connectivity index (χ3n) is 2.04. The molecule has 16 heavy (non-hydrogen) atoms. The largest absolute Gasteiger partial charge is 0.491 e. The Morgan fingerprint density at radius 1 is 1.25 bits per heavy atom. The highest BCUT2D eigenvalue weighted by atomic mass is 16.5. The van der Waals surface area contributed by atoms with E-state index in [4.69, 9.17) is 14.6 Å². The number of hydrogen-bond donors (Lipinski definition) is 1. The number of rotatable bonds is 7. The molecule has 0 saturated heterocycles. The molecule has 0 amide bonds. The van der Waals surface area contributed by atoms with Gasteiger partial charge in [0.1, 0.15) is 12.4 Å². The van der Waals surface area contributed by atoms with E-state index in [2.05, 4.69) is 0 Å². The summed E-state index contributed by atoms with van der Waals surface area (Å²) < 4.78 is 10.6. The minimum Gasteiger partial charge on any atom is -0.491 e. The highest BCUT2D eigenvalue weighted by Gasteiger charge is 1.98. The first-order valence-electron chi connectivity index (χ1n) is 5.18. The molecule has 0 bridgehead atoms. The van der Waals surface area contributed by atoms with Crippen LogP contribution in [-0.2, 0) is 9.53 Å². The summed E-state index contributed by atoms with van der Waals surface area (Å²) in [7, 11) is 0. The second kappa shape index (κ2) is 6.85. The van der Waals surface area contributed by atoms with E-state index < -0.39 is 5.97 Å². The van der Waals surface area contributed by atoms with Crippen LogP contribution in [0.15, 0.2) is 24.3 Å². The number of aliphatic carboxylic acids is 1. The average Bonchev–Trinajstić information content (AvgIpc) is 2.25. The summed E-state index contributed by atoms with van der Waals surface area (Å²) >= 11 is 0. The van der Waals surface area contributed by atoms with Crippen molar-refractivity contribution in [2.24, 2.45) is 0 Å². The van der Waals surface area contributed by atoms with Gasteiger partial charge in [0, 0.05) is 0 Å². The minimum atomic E-state index is -0.847. The molecule has 0 spiro atoms. The quantitative estimate of drug-likeness (QED) is 0.718. The van der Waals surface area contributed by atoms with Crippen LogP contribution in [-0.4, -0.2) is 30.9 Å². The van der Waals surface area contributed by atoms with Crippen LogP contribution in [0.1, 0.15) is 12.0 Å². The fourth-order valence-electron chi connectivity index (χ4n) is 1.19. The molecule has 0 aliphatic carbocycles. The Morgan fingerprint density at radius 2 is 2.00 bits per heavy atom. The fraction of sp³-hybridized carbons (Fsp3) is 0.417. The molecule has 0 atom stereocenters. The van der Waals surface area contributed by atoms with Crippen LogP contribution in [0.5, 0.6) is 5.75 Å². The summed E-state index contributed by atoms with van der Waals surface area (Å²) in [4.78, 5) is 10.2. The van der Waals surface area contributed by atoms with Gasteiger partial charge in [-0.1, -0.05) is 18.2 Å². The van der Waals surface area contributed by atoms with Crippen molar-refractivity contribution in [3.63, 3.8) is 0 Å². The Hall–Kier alpha value is -1.55. The summed E-state index contributed by atoms with van der Waals surface area (Å²) in [5.74, 6) is -0.0100. The molecule has 0 heterocycles. The average molecular weight is 224 g/mol. The summed E-state index contributed by atoms with van der Waals surface area (Å²) in [6, 6.07) is 7.73. The second-order valence-electron chi connectivity index (χ2n) is 3.37. The maximum atomic E-state index is 10.2. The van der Waals surface area contributed by atoms with Crippen LogP contribution >= 0.6 is 0 Å². The Morgan fingerprint density at radius 3 is 2.69 bits per heavy atom. The summed E-state index contributed by atoms with van der Waals surface area (Å²) in [5, 5.41) is 8.37. The maximum Gasteiger partial charge on any atom is 0.305 e. The molecule has 1 aromatic rings. The van der Waals surface area contributed by atoms with Gasteiger partial charge in [-0.25, -0.2) is 0 Å². The van der Waals surface area contributed by atoms with Gasteiger partial charge >= 0.3 is 5.97 Å². The van der Waals surface area contributed by atoms with Crippen LogP contribution in [0.4, 0.5) is 0 Å². The molecule has 88 valence electrons. The number of aryl methyl sites for hydroxylation is 1. The Bertz CT molecular complexity index is 336. The van der Waals surface area contributed by atoms with E-state index in [1.54, 1.807) is 0 Å². The third-order valence-corrected chi connectivity index (χ3v) is 2.04. The van der Waals surface area contributed by atoms with E-state index in [0.29, 0.717) is 13.2 Å². The Kier molecular flexibility index (Phi) is 5.36. The zero-order chi connectivity index (χ0) is 11.8. The monoisotopic (exact) mass is 224 g/mol. The fourth-order valence-corrected chi connectivity index (χ4v) is 1.19. The van der Waals surface area contributed by atoms with Crippen molar-refractivity contribution in [2.45, 2.75) is 13.3 Å². The molecule has 0 aromatic heterocycles. The molecule has 4 nitrogen and oxygen atoms in total. The number of ether oxygens (including phenoxy) is 2. The van der Waals surface area contributed by atoms with Gasteiger partial charge in [0.2, 0.25) is 0 Å². The van der Waals surface area contributed by atoms with Gasteiger partial charge in [-0.2, -0.15) is 0 Å². The molecule has 0 aliphatic rings. The first kappa shape index (κ1) is 12.5. The summed E-state index contributed by atoms with van der Waals surface area (Å²) in [6.45, 7) is 3.04. The molecule has 0 unspecified atom stereocenters. The minimum absolute atomic E-state index is 0.0321. The highest BCUT2D eigenvalue weighted by Crippen LogP contribution is 2.15. The van der Waals surface area contributed by atoms with E-state index in [-0.39, 0.29) is 13.0 Å². The van der Waals surface area contributed by atoms with Crippen LogP contribution in [0, 0.1) is 6.92 Å². The molecule has 4 heteroatoms. The van der Waals surface area contributed by atoms with Gasteiger partial charge in [-0.3, -0.25) is 4.79 Å². The lowest BCUT2D eigenvalue weighted by molar-refractivity contribution is -0.138. The normalized spacial score (nSPS) is 10.1. The van der Waals surface area contributed by atoms with Crippen molar-refractivity contribution in [3.05, 3.63) is 29.8 Å². The lowest BCUT2D eigenvalue weighted by atomic mass is 10.2. The summed E-state index contributed by atoms with van der Waals surface area (Å²) in [6.07, 6.45) is 0.0321. The van der Waals surface area contributed by atoms with E-state index >= 15 is 0 Å². The number of benzene rings is 1. The van der Waals surface area contributed by atoms with Gasteiger partial charge in [-0.15, -0.1) is 0 Å². The van der Waals surface area contributed by atoms with Crippen LogP contribution in [0.25, 0.3) is 0 Å². The highest BCUT2D eigenvalue weighted by molar-refractivity contribution is 5.66. The number of carbonyl (C=O) groups is 1. The van der Waals surface area contributed by atoms with Gasteiger partial charge in [0.25, 0.3) is 0 Å². The van der Waals surface area contributed by atoms with Crippen LogP contribution < -0.4 is 4.74 Å². The Balaban J connectivity index is 2.12. The molecule has 1 rings (SSSR count). The smallest absolute Gasteiger partial charge is 0.305 e. The van der Waals surface area contributed by atoms with E-state index in [9.17, 15) is 4.79 Å². The van der Waals surface area contributed by atoms with Crippen molar-refractivity contribution in [3.8, 4) is 5.75 Å². The first-order valence-corrected chi connectivity index (χ1v) is 5.18. The Labute approximate surface area is 94.8 Å². The van der Waals surface area contributed by atoms with Crippen molar-refractivity contribution in [2.75, 3.05) is 19.8 Å². The van der Waals surface area contributed by atoms with Gasteiger partial charge in [-0.05, 0) is 18.6 Å². The SMILES string of the molecule is Cc1ccccc1OCCOCCC(=O)O. The molecule has 0 radical (unpaired) electrons. The first-order chi connectivity index (χ1) is 7.70. The van der Waals surface area contributed by atoms with Gasteiger partial charge < -0.3 is 14.6 Å². The maximum absolute atomic E-state index is 10.2. The van der Waals surface area contributed by atoms with Crippen LogP contribution in [0.2, 0.25) is 0 Å². The zero-order valence-corrected chi connectivity index (χ0v) is 9.31. The van der Waals surface area contributed by atoms with Crippen LogP contribution in [0.3, 0.4) is 0 Å². The molecular formula is C12H16O4. The molecule has 0 fully saturated rings. The number of hydrogen-bond acceptors (Lipinski definition) is 3. The lowest BCUT2D eigenvalue weighted by Gasteiger charge is -2.08. The van der Waals surface area contributed by atoms with E-state index in [1.165, 1.54) is 0 Å². The number of para-hydroxylation sites is 1. The topological polar surface area (TPSA) is 55.8 Å². The van der Waals surface area contributed by atoms with E-state index in [1.807, 2.05) is 31.2 Å². The molecule has 1 N–H and O–H groups in total. The van der Waals surface area contributed by atoms with Gasteiger partial charge in [0.05, 0.1) is 19.6 Å². The molecule has 1 aromatic carbocycles. The van der Waals surface area contributed by atoms with Gasteiger partial charge in [0.15, 0.2) is 0 Å². The van der Waals surface area contributed by atoms with E-state index in [0.717, 1.165) is 11.3 Å². The standard InChI is InChI=1S/C12H16O4/c1-10-4-2-3-5-11(10)16-9-8-15-7-6-12(13)14/h2-5H,6-9H2,1H3,(H,13,14). The molecule has 0 saturated carbocycles. The summed E-state index contributed by atoms with van der Waals surface area (Å²) in [5.41, 5.74) is 1.08. The zero-order valence-electron chi connectivity index (χ0n) is 9.31. The second-order valence-corrected chi connectivity index (χ2v) is 3.37. The van der Waals surface area contributed by atoms with Crippen molar-refractivity contribution < 1.29 is 19.4 Å². The van der Waals surface area contributed by atoms with Crippen molar-refractivity contribution >= 4 is 5.97 Å².